The summed E-state index contributed by atoms with van der Waals surface area (Å²) in [6.45, 7) is 3.86. The molecule has 2 aromatic rings. The number of fused-ring (bicyclic) bond motifs is 1. The highest BCUT2D eigenvalue weighted by atomic mass is 16.5. The largest absolute Gasteiger partial charge is 0.375 e. The number of ether oxygens (including phenoxy) is 1. The Morgan fingerprint density at radius 1 is 1.36 bits per heavy atom. The van der Waals surface area contributed by atoms with E-state index in [2.05, 4.69) is 21.0 Å². The fraction of sp³-hybridized carbons (Fsp3) is 0.500. The molecular weight excluding hydrogens is 318 g/mol. The summed E-state index contributed by atoms with van der Waals surface area (Å²) in [6, 6.07) is 6.05. The number of nitrogens with zero attached hydrogens (tertiary/aromatic N) is 5. The molecule has 0 bridgehead atoms. The lowest BCUT2D eigenvalue weighted by atomic mass is 9.98. The summed E-state index contributed by atoms with van der Waals surface area (Å²) in [7, 11) is 1.83. The van der Waals surface area contributed by atoms with Crippen molar-refractivity contribution in [1.29, 1.82) is 0 Å². The summed E-state index contributed by atoms with van der Waals surface area (Å²) in [5.41, 5.74) is 1.70. The van der Waals surface area contributed by atoms with E-state index in [0.29, 0.717) is 12.2 Å². The van der Waals surface area contributed by atoms with Gasteiger partial charge in [-0.05, 0) is 24.1 Å². The number of piperidine rings is 1. The van der Waals surface area contributed by atoms with Gasteiger partial charge in [0.15, 0.2) is 0 Å². The molecule has 4 heterocycles. The molecule has 0 radical (unpaired) electrons. The Balaban J connectivity index is 1.48. The molecule has 7 heteroatoms. The topological polar surface area (TPSA) is 63.5 Å². The van der Waals surface area contributed by atoms with Gasteiger partial charge in [-0.25, -0.2) is 0 Å². The third-order valence-corrected chi connectivity index (χ3v) is 5.03. The lowest BCUT2D eigenvalue weighted by molar-refractivity contribution is -0.101. The van der Waals surface area contributed by atoms with Crippen LogP contribution in [0.4, 0.5) is 0 Å². The molecule has 2 aromatic heterocycles. The second-order valence-corrected chi connectivity index (χ2v) is 6.72. The van der Waals surface area contributed by atoms with Crippen LogP contribution in [0.15, 0.2) is 36.8 Å². The maximum absolute atomic E-state index is 12.7. The van der Waals surface area contributed by atoms with Gasteiger partial charge in [-0.2, -0.15) is 5.10 Å². The number of carbonyl (C=O) groups is 1. The van der Waals surface area contributed by atoms with E-state index in [9.17, 15) is 4.79 Å². The highest BCUT2D eigenvalue weighted by Gasteiger charge is 2.38. The first-order valence-electron chi connectivity index (χ1n) is 8.74. The zero-order valence-electron chi connectivity index (χ0n) is 14.4. The first-order valence-corrected chi connectivity index (χ1v) is 8.74. The minimum Gasteiger partial charge on any atom is -0.375 e. The molecule has 0 unspecified atom stereocenters. The fourth-order valence-corrected chi connectivity index (χ4v) is 3.74. The summed E-state index contributed by atoms with van der Waals surface area (Å²) in [6.07, 6.45) is 6.56. The molecule has 2 fully saturated rings. The molecule has 7 nitrogen and oxygen atoms in total. The van der Waals surface area contributed by atoms with E-state index in [0.717, 1.165) is 32.7 Å². The third kappa shape index (κ3) is 3.43. The zero-order chi connectivity index (χ0) is 17.2. The van der Waals surface area contributed by atoms with Crippen LogP contribution in [0.3, 0.4) is 0 Å². The van der Waals surface area contributed by atoms with Crippen LogP contribution in [0.5, 0.6) is 0 Å². The molecule has 2 saturated heterocycles. The fourth-order valence-electron chi connectivity index (χ4n) is 3.74. The number of pyridine rings is 1. The van der Waals surface area contributed by atoms with Crippen LogP contribution < -0.4 is 0 Å². The predicted octanol–water partition coefficient (Wildman–Crippen LogP) is 0.931. The van der Waals surface area contributed by atoms with Crippen molar-refractivity contribution >= 4 is 5.91 Å². The number of carbonyl (C=O) groups excluding carboxylic acids is 1. The average molecular weight is 341 g/mol. The molecule has 2 aliphatic rings. The van der Waals surface area contributed by atoms with E-state index < -0.39 is 0 Å². The van der Waals surface area contributed by atoms with E-state index in [1.54, 1.807) is 23.1 Å². The van der Waals surface area contributed by atoms with Crippen molar-refractivity contribution in [3.05, 3.63) is 48.0 Å². The number of aryl methyl sites for hydroxylation is 1. The maximum Gasteiger partial charge on any atom is 0.274 e. The van der Waals surface area contributed by atoms with Gasteiger partial charge in [0.25, 0.3) is 5.91 Å². The van der Waals surface area contributed by atoms with Gasteiger partial charge in [-0.15, -0.1) is 0 Å². The molecule has 132 valence electrons. The van der Waals surface area contributed by atoms with Crippen LogP contribution in [0, 0.1) is 0 Å². The number of aromatic nitrogens is 3. The molecule has 1 amide bonds. The highest BCUT2D eigenvalue weighted by Crippen LogP contribution is 2.25. The summed E-state index contributed by atoms with van der Waals surface area (Å²) in [4.78, 5) is 21.3. The van der Waals surface area contributed by atoms with Gasteiger partial charge in [-0.3, -0.25) is 19.4 Å². The van der Waals surface area contributed by atoms with Gasteiger partial charge < -0.3 is 9.64 Å². The van der Waals surface area contributed by atoms with Crippen molar-refractivity contribution in [3.8, 4) is 0 Å². The van der Waals surface area contributed by atoms with E-state index in [1.165, 1.54) is 5.56 Å². The molecule has 2 aliphatic heterocycles. The van der Waals surface area contributed by atoms with Crippen molar-refractivity contribution < 1.29 is 9.53 Å². The summed E-state index contributed by atoms with van der Waals surface area (Å²) < 4.78 is 7.64. The van der Waals surface area contributed by atoms with Crippen LogP contribution in [0.25, 0.3) is 0 Å². The molecule has 25 heavy (non-hydrogen) atoms. The molecule has 2 atom stereocenters. The molecule has 0 spiro atoms. The summed E-state index contributed by atoms with van der Waals surface area (Å²) in [5, 5.41) is 4.25. The van der Waals surface area contributed by atoms with E-state index in [1.807, 2.05) is 24.2 Å². The van der Waals surface area contributed by atoms with Crippen molar-refractivity contribution in [1.82, 2.24) is 24.6 Å². The molecule has 0 aromatic carbocycles. The minimum atomic E-state index is 0.00551. The van der Waals surface area contributed by atoms with Crippen LogP contribution >= 0.6 is 0 Å². The average Bonchev–Trinajstić information content (AvgIpc) is 3.08. The SMILES string of the molecule is Cn1ccc(C(=O)N2CC[C@H]3OCCN(Cc4cccnc4)[C@@H]3C2)n1. The van der Waals surface area contributed by atoms with E-state index >= 15 is 0 Å². The Labute approximate surface area is 147 Å². The van der Waals surface area contributed by atoms with E-state index in [4.69, 9.17) is 4.74 Å². The number of rotatable bonds is 3. The predicted molar refractivity (Wildman–Crippen MR) is 91.9 cm³/mol. The molecule has 4 rings (SSSR count). The standard InChI is InChI=1S/C18H23N5O2/c1-21-7-4-15(20-21)18(24)23-8-5-17-16(13-23)22(9-10-25-17)12-14-3-2-6-19-11-14/h2-4,6-7,11,16-17H,5,8-10,12-13H2,1H3/t16-,17-/m1/s1. The van der Waals surface area contributed by atoms with Gasteiger partial charge >= 0.3 is 0 Å². The number of amides is 1. The second kappa shape index (κ2) is 6.93. The Hall–Kier alpha value is -2.25. The lowest BCUT2D eigenvalue weighted by Gasteiger charge is -2.47. The van der Waals surface area contributed by atoms with Gasteiger partial charge in [-0.1, -0.05) is 6.07 Å². The van der Waals surface area contributed by atoms with Crippen molar-refractivity contribution in [2.24, 2.45) is 7.05 Å². The smallest absolute Gasteiger partial charge is 0.274 e. The molecule has 0 aliphatic carbocycles. The second-order valence-electron chi connectivity index (χ2n) is 6.72. The lowest BCUT2D eigenvalue weighted by Crippen LogP contribution is -2.60. The van der Waals surface area contributed by atoms with Gasteiger partial charge in [0.05, 0.1) is 18.8 Å². The van der Waals surface area contributed by atoms with Crippen LogP contribution in [0.1, 0.15) is 22.5 Å². The first-order chi connectivity index (χ1) is 12.2. The highest BCUT2D eigenvalue weighted by molar-refractivity contribution is 5.92. The van der Waals surface area contributed by atoms with Gasteiger partial charge in [0.2, 0.25) is 0 Å². The van der Waals surface area contributed by atoms with Gasteiger partial charge in [0, 0.05) is 51.8 Å². The Morgan fingerprint density at radius 3 is 3.04 bits per heavy atom. The van der Waals surface area contributed by atoms with Crippen molar-refractivity contribution in [2.45, 2.75) is 25.1 Å². The van der Waals surface area contributed by atoms with Crippen LogP contribution in [-0.2, 0) is 18.3 Å². The van der Waals surface area contributed by atoms with Crippen LogP contribution in [-0.4, -0.2) is 68.9 Å². The number of morpholine rings is 1. The summed E-state index contributed by atoms with van der Waals surface area (Å²) >= 11 is 0. The molecular formula is C18H23N5O2. The Bertz CT molecular complexity index is 732. The normalized spacial score (nSPS) is 24.1. The minimum absolute atomic E-state index is 0.00551. The Morgan fingerprint density at radius 2 is 2.28 bits per heavy atom. The van der Waals surface area contributed by atoms with E-state index in [-0.39, 0.29) is 18.1 Å². The maximum atomic E-state index is 12.7. The third-order valence-electron chi connectivity index (χ3n) is 5.03. The molecule has 0 N–H and O–H groups in total. The monoisotopic (exact) mass is 341 g/mol. The number of likely N-dealkylation sites (tertiary alicyclic amines) is 1. The first kappa shape index (κ1) is 16.2. The number of hydrogen-bond acceptors (Lipinski definition) is 5. The Kier molecular flexibility index (Phi) is 4.50. The summed E-state index contributed by atoms with van der Waals surface area (Å²) in [5.74, 6) is 0.00551. The van der Waals surface area contributed by atoms with Crippen LogP contribution in [0.2, 0.25) is 0 Å². The zero-order valence-corrected chi connectivity index (χ0v) is 14.4. The molecule has 0 saturated carbocycles. The van der Waals surface area contributed by atoms with Crippen molar-refractivity contribution in [2.75, 3.05) is 26.2 Å². The van der Waals surface area contributed by atoms with Gasteiger partial charge in [0.1, 0.15) is 5.69 Å². The number of hydrogen-bond donors (Lipinski definition) is 0. The quantitative estimate of drug-likeness (QED) is 0.831. The van der Waals surface area contributed by atoms with Crippen molar-refractivity contribution in [3.63, 3.8) is 0 Å².